The maximum absolute atomic E-state index is 12.3. The van der Waals surface area contributed by atoms with Crippen molar-refractivity contribution in [2.45, 2.75) is 11.8 Å². The summed E-state index contributed by atoms with van der Waals surface area (Å²) in [5, 5.41) is 9.17. The third kappa shape index (κ3) is 2.93. The SMILES string of the molecule is Cc1cc(S(=O)(=O)Nc2ccccc2Cl)ccc1C#N. The van der Waals surface area contributed by atoms with E-state index in [0.717, 1.165) is 0 Å². The fraction of sp³-hybridized carbons (Fsp3) is 0.0714. The van der Waals surface area contributed by atoms with Crippen LogP contribution in [-0.4, -0.2) is 8.42 Å². The molecule has 102 valence electrons. The molecule has 2 aromatic rings. The van der Waals surface area contributed by atoms with Crippen molar-refractivity contribution in [3.8, 4) is 6.07 Å². The van der Waals surface area contributed by atoms with Crippen LogP contribution in [0, 0.1) is 18.3 Å². The molecule has 0 radical (unpaired) electrons. The van der Waals surface area contributed by atoms with E-state index in [1.807, 2.05) is 6.07 Å². The lowest BCUT2D eigenvalue weighted by Crippen LogP contribution is -2.13. The molecule has 1 N–H and O–H groups in total. The summed E-state index contributed by atoms with van der Waals surface area (Å²) in [6, 6.07) is 12.9. The molecule has 20 heavy (non-hydrogen) atoms. The van der Waals surface area contributed by atoms with E-state index in [2.05, 4.69) is 4.72 Å². The largest absolute Gasteiger partial charge is 0.278 e. The Kier molecular flexibility index (Phi) is 3.98. The van der Waals surface area contributed by atoms with Crippen molar-refractivity contribution in [1.29, 1.82) is 5.26 Å². The topological polar surface area (TPSA) is 70.0 Å². The summed E-state index contributed by atoms with van der Waals surface area (Å²) >= 11 is 5.93. The van der Waals surface area contributed by atoms with Crippen LogP contribution in [0.2, 0.25) is 5.02 Å². The van der Waals surface area contributed by atoms with Crippen LogP contribution in [0.25, 0.3) is 0 Å². The van der Waals surface area contributed by atoms with Crippen LogP contribution in [0.5, 0.6) is 0 Å². The lowest BCUT2D eigenvalue weighted by Gasteiger charge is -2.10. The third-order valence-corrected chi connectivity index (χ3v) is 4.44. The smallest absolute Gasteiger partial charge is 0.261 e. The van der Waals surface area contributed by atoms with Crippen LogP contribution in [0.1, 0.15) is 11.1 Å². The predicted molar refractivity (Wildman–Crippen MR) is 78.2 cm³/mol. The van der Waals surface area contributed by atoms with Gasteiger partial charge in [0.05, 0.1) is 27.2 Å². The van der Waals surface area contributed by atoms with Crippen molar-refractivity contribution in [3.63, 3.8) is 0 Å². The molecular weight excluding hydrogens is 296 g/mol. The molecule has 2 rings (SSSR count). The van der Waals surface area contributed by atoms with Crippen LogP contribution in [-0.2, 0) is 10.0 Å². The Bertz CT molecular complexity index is 795. The van der Waals surface area contributed by atoms with E-state index in [1.165, 1.54) is 18.2 Å². The molecule has 0 aliphatic heterocycles. The average molecular weight is 307 g/mol. The zero-order chi connectivity index (χ0) is 14.8. The Balaban J connectivity index is 2.39. The monoisotopic (exact) mass is 306 g/mol. The van der Waals surface area contributed by atoms with Crippen molar-refractivity contribution in [2.24, 2.45) is 0 Å². The van der Waals surface area contributed by atoms with Crippen molar-refractivity contribution < 1.29 is 8.42 Å². The van der Waals surface area contributed by atoms with E-state index < -0.39 is 10.0 Å². The number of para-hydroxylation sites is 1. The van der Waals surface area contributed by atoms with Gasteiger partial charge in [-0.1, -0.05) is 23.7 Å². The van der Waals surface area contributed by atoms with Gasteiger partial charge in [-0.3, -0.25) is 4.72 Å². The van der Waals surface area contributed by atoms with Crippen molar-refractivity contribution >= 4 is 27.3 Å². The standard InChI is InChI=1S/C14H11ClN2O2S/c1-10-8-12(7-6-11(10)9-16)20(18,19)17-14-5-3-2-4-13(14)15/h2-8,17H,1H3. The maximum atomic E-state index is 12.3. The van der Waals surface area contributed by atoms with Crippen LogP contribution >= 0.6 is 11.6 Å². The van der Waals surface area contributed by atoms with E-state index in [-0.39, 0.29) is 4.90 Å². The zero-order valence-electron chi connectivity index (χ0n) is 10.6. The lowest BCUT2D eigenvalue weighted by molar-refractivity contribution is 0.601. The molecule has 0 heterocycles. The number of rotatable bonds is 3. The number of sulfonamides is 1. The van der Waals surface area contributed by atoms with Gasteiger partial charge in [-0.15, -0.1) is 0 Å². The highest BCUT2D eigenvalue weighted by atomic mass is 35.5. The minimum atomic E-state index is -3.73. The molecule has 0 unspecified atom stereocenters. The van der Waals surface area contributed by atoms with Gasteiger partial charge >= 0.3 is 0 Å². The molecule has 0 spiro atoms. The first-order valence-corrected chi connectivity index (χ1v) is 7.58. The summed E-state index contributed by atoms with van der Waals surface area (Å²) in [7, 11) is -3.73. The Morgan fingerprint density at radius 3 is 2.50 bits per heavy atom. The van der Waals surface area contributed by atoms with Crippen LogP contribution in [0.3, 0.4) is 0 Å². The summed E-state index contributed by atoms with van der Waals surface area (Å²) in [5.41, 5.74) is 1.37. The molecule has 0 aliphatic carbocycles. The molecule has 0 aromatic heterocycles. The van der Waals surface area contributed by atoms with Gasteiger partial charge in [-0.2, -0.15) is 5.26 Å². The summed E-state index contributed by atoms with van der Waals surface area (Å²) in [5.74, 6) is 0. The normalized spacial score (nSPS) is 10.8. The number of nitrogens with one attached hydrogen (secondary N) is 1. The number of nitrogens with zero attached hydrogens (tertiary/aromatic N) is 1. The fourth-order valence-corrected chi connectivity index (χ4v) is 3.08. The minimum absolute atomic E-state index is 0.0916. The number of anilines is 1. The number of nitriles is 1. The highest BCUT2D eigenvalue weighted by Gasteiger charge is 2.16. The second-order valence-electron chi connectivity index (χ2n) is 4.17. The lowest BCUT2D eigenvalue weighted by atomic mass is 10.1. The van der Waals surface area contributed by atoms with Crippen LogP contribution in [0.15, 0.2) is 47.4 Å². The summed E-state index contributed by atoms with van der Waals surface area (Å²) in [6.07, 6.45) is 0. The highest BCUT2D eigenvalue weighted by Crippen LogP contribution is 2.24. The Morgan fingerprint density at radius 1 is 1.20 bits per heavy atom. The molecule has 0 bridgehead atoms. The van der Waals surface area contributed by atoms with Gasteiger partial charge in [0.15, 0.2) is 0 Å². The number of halogens is 1. The predicted octanol–water partition coefficient (Wildman–Crippen LogP) is 3.32. The second-order valence-corrected chi connectivity index (χ2v) is 6.26. The van der Waals surface area contributed by atoms with Gasteiger partial charge in [-0.05, 0) is 42.8 Å². The van der Waals surface area contributed by atoms with E-state index in [0.29, 0.717) is 21.8 Å². The Labute approximate surface area is 122 Å². The molecular formula is C14H11ClN2O2S. The Morgan fingerprint density at radius 2 is 1.90 bits per heavy atom. The molecule has 4 nitrogen and oxygen atoms in total. The minimum Gasteiger partial charge on any atom is -0.278 e. The van der Waals surface area contributed by atoms with Gasteiger partial charge in [-0.25, -0.2) is 8.42 Å². The quantitative estimate of drug-likeness (QED) is 0.945. The number of hydrogen-bond donors (Lipinski definition) is 1. The van der Waals surface area contributed by atoms with Crippen molar-refractivity contribution in [3.05, 3.63) is 58.6 Å². The molecule has 0 saturated heterocycles. The van der Waals surface area contributed by atoms with Gasteiger partial charge in [0.1, 0.15) is 0 Å². The Hall–Kier alpha value is -2.03. The third-order valence-electron chi connectivity index (χ3n) is 2.75. The van der Waals surface area contributed by atoms with Crippen LogP contribution in [0.4, 0.5) is 5.69 Å². The van der Waals surface area contributed by atoms with Crippen LogP contribution < -0.4 is 4.72 Å². The second kappa shape index (κ2) is 5.53. The summed E-state index contributed by atoms with van der Waals surface area (Å²) < 4.78 is 26.9. The van der Waals surface area contributed by atoms with Crippen molar-refractivity contribution in [1.82, 2.24) is 0 Å². The molecule has 0 fully saturated rings. The van der Waals surface area contributed by atoms with Gasteiger partial charge in [0, 0.05) is 0 Å². The van der Waals surface area contributed by atoms with E-state index >= 15 is 0 Å². The first-order chi connectivity index (χ1) is 9.44. The van der Waals surface area contributed by atoms with Gasteiger partial charge in [0.2, 0.25) is 0 Å². The van der Waals surface area contributed by atoms with Gasteiger partial charge < -0.3 is 0 Å². The molecule has 0 saturated carbocycles. The van der Waals surface area contributed by atoms with E-state index in [1.54, 1.807) is 31.2 Å². The van der Waals surface area contributed by atoms with Crippen molar-refractivity contribution in [2.75, 3.05) is 4.72 Å². The van der Waals surface area contributed by atoms with Gasteiger partial charge in [0.25, 0.3) is 10.0 Å². The number of benzene rings is 2. The molecule has 0 amide bonds. The highest BCUT2D eigenvalue weighted by molar-refractivity contribution is 7.92. The summed E-state index contributed by atoms with van der Waals surface area (Å²) in [4.78, 5) is 0.0916. The maximum Gasteiger partial charge on any atom is 0.261 e. The first kappa shape index (κ1) is 14.4. The number of hydrogen-bond acceptors (Lipinski definition) is 3. The van der Waals surface area contributed by atoms with E-state index in [9.17, 15) is 8.42 Å². The zero-order valence-corrected chi connectivity index (χ0v) is 12.2. The molecule has 2 aromatic carbocycles. The van der Waals surface area contributed by atoms with E-state index in [4.69, 9.17) is 16.9 Å². The number of aryl methyl sites for hydroxylation is 1. The average Bonchev–Trinajstić information content (AvgIpc) is 2.41. The summed E-state index contributed by atoms with van der Waals surface area (Å²) in [6.45, 7) is 1.69. The molecule has 0 aliphatic rings. The fourth-order valence-electron chi connectivity index (χ4n) is 1.68. The molecule has 0 atom stereocenters. The first-order valence-electron chi connectivity index (χ1n) is 5.72. The molecule has 6 heteroatoms.